The zero-order chi connectivity index (χ0) is 15.8. The molecule has 0 radical (unpaired) electrons. The summed E-state index contributed by atoms with van der Waals surface area (Å²) in [5.41, 5.74) is 1.39. The molecule has 22 heavy (non-hydrogen) atoms. The van der Waals surface area contributed by atoms with E-state index in [1.54, 1.807) is 24.2 Å². The topological polar surface area (TPSA) is 80.6 Å². The molecule has 2 rings (SSSR count). The van der Waals surface area contributed by atoms with Gasteiger partial charge in [-0.05, 0) is 20.5 Å². The summed E-state index contributed by atoms with van der Waals surface area (Å²) in [5, 5.41) is 16.8. The van der Waals surface area contributed by atoms with Gasteiger partial charge in [0.2, 0.25) is 5.16 Å². The van der Waals surface area contributed by atoms with Crippen molar-refractivity contribution in [3.8, 4) is 11.4 Å². The molecule has 0 aromatic carbocycles. The first kappa shape index (κ1) is 16.7. The second-order valence-corrected chi connectivity index (χ2v) is 6.20. The third kappa shape index (κ3) is 5.27. The Balaban J connectivity index is 2.08. The van der Waals surface area contributed by atoms with Crippen LogP contribution in [-0.2, 0) is 6.42 Å². The zero-order valence-corrected chi connectivity index (χ0v) is 14.0. The van der Waals surface area contributed by atoms with Crippen LogP contribution >= 0.6 is 11.8 Å². The smallest absolute Gasteiger partial charge is 0.209 e. The molecule has 0 aliphatic carbocycles. The molecule has 0 spiro atoms. The highest BCUT2D eigenvalue weighted by Gasteiger charge is 2.08. The SMILES string of the molecule is CCCCc1nncc(-c2cnnc(SCCN(C)C)n2)n1. The molecule has 0 aliphatic rings. The number of aryl methyl sites for hydroxylation is 1. The van der Waals surface area contributed by atoms with Gasteiger partial charge in [0, 0.05) is 18.7 Å². The second-order valence-electron chi connectivity index (χ2n) is 5.14. The highest BCUT2D eigenvalue weighted by atomic mass is 32.2. The van der Waals surface area contributed by atoms with Gasteiger partial charge in [-0.1, -0.05) is 25.1 Å². The summed E-state index contributed by atoms with van der Waals surface area (Å²) in [7, 11) is 4.08. The van der Waals surface area contributed by atoms with Gasteiger partial charge in [-0.15, -0.1) is 10.2 Å². The van der Waals surface area contributed by atoms with E-state index in [0.29, 0.717) is 16.5 Å². The Morgan fingerprint density at radius 1 is 1.05 bits per heavy atom. The van der Waals surface area contributed by atoms with E-state index in [0.717, 1.165) is 37.4 Å². The van der Waals surface area contributed by atoms with Gasteiger partial charge >= 0.3 is 0 Å². The van der Waals surface area contributed by atoms with Crippen molar-refractivity contribution in [2.75, 3.05) is 26.4 Å². The Morgan fingerprint density at radius 3 is 2.50 bits per heavy atom. The van der Waals surface area contributed by atoms with E-state index < -0.39 is 0 Å². The molecule has 0 bridgehead atoms. The van der Waals surface area contributed by atoms with Crippen LogP contribution in [-0.4, -0.2) is 61.7 Å². The van der Waals surface area contributed by atoms with E-state index >= 15 is 0 Å². The van der Waals surface area contributed by atoms with Crippen molar-refractivity contribution < 1.29 is 0 Å². The summed E-state index contributed by atoms with van der Waals surface area (Å²) in [5.74, 6) is 1.67. The maximum absolute atomic E-state index is 4.51. The molecule has 0 N–H and O–H groups in total. The number of aromatic nitrogens is 6. The summed E-state index contributed by atoms with van der Waals surface area (Å²) in [6.07, 6.45) is 6.23. The Morgan fingerprint density at radius 2 is 1.77 bits per heavy atom. The summed E-state index contributed by atoms with van der Waals surface area (Å²) < 4.78 is 0. The van der Waals surface area contributed by atoms with Crippen LogP contribution in [0.15, 0.2) is 17.6 Å². The molecule has 118 valence electrons. The maximum Gasteiger partial charge on any atom is 0.209 e. The third-order valence-corrected chi connectivity index (χ3v) is 3.75. The molecule has 0 saturated heterocycles. The zero-order valence-electron chi connectivity index (χ0n) is 13.2. The first-order valence-corrected chi connectivity index (χ1v) is 8.34. The monoisotopic (exact) mass is 319 g/mol. The molecule has 0 aliphatic heterocycles. The lowest BCUT2D eigenvalue weighted by atomic mass is 10.2. The minimum Gasteiger partial charge on any atom is -0.309 e. The van der Waals surface area contributed by atoms with E-state index in [4.69, 9.17) is 0 Å². The average Bonchev–Trinajstić information content (AvgIpc) is 2.53. The summed E-state index contributed by atoms with van der Waals surface area (Å²) >= 11 is 1.59. The van der Waals surface area contributed by atoms with Gasteiger partial charge in [-0.2, -0.15) is 10.2 Å². The number of nitrogens with zero attached hydrogens (tertiary/aromatic N) is 7. The van der Waals surface area contributed by atoms with Crippen LogP contribution in [0.1, 0.15) is 25.6 Å². The van der Waals surface area contributed by atoms with Crippen molar-refractivity contribution >= 4 is 11.8 Å². The van der Waals surface area contributed by atoms with Crippen LogP contribution in [0.2, 0.25) is 0 Å². The van der Waals surface area contributed by atoms with Crippen molar-refractivity contribution in [3.05, 3.63) is 18.2 Å². The highest BCUT2D eigenvalue weighted by molar-refractivity contribution is 7.99. The molecule has 8 heteroatoms. The minimum absolute atomic E-state index is 0.660. The third-order valence-electron chi connectivity index (χ3n) is 2.93. The van der Waals surface area contributed by atoms with Crippen molar-refractivity contribution in [1.29, 1.82) is 0 Å². The van der Waals surface area contributed by atoms with E-state index in [1.165, 1.54) is 0 Å². The van der Waals surface area contributed by atoms with Crippen LogP contribution in [0.5, 0.6) is 0 Å². The standard InChI is InChI=1S/C14H21N7S/c1-4-5-6-13-17-11(9-15-19-13)12-10-16-20-14(18-12)22-8-7-21(2)3/h9-10H,4-8H2,1-3H3. The number of thioether (sulfide) groups is 1. The predicted octanol–water partition coefficient (Wildman–Crippen LogP) is 1.72. The molecule has 0 atom stereocenters. The summed E-state index contributed by atoms with van der Waals surface area (Å²) in [4.78, 5) is 11.1. The predicted molar refractivity (Wildman–Crippen MR) is 86.5 cm³/mol. The van der Waals surface area contributed by atoms with Crippen LogP contribution < -0.4 is 0 Å². The van der Waals surface area contributed by atoms with Gasteiger partial charge < -0.3 is 4.90 Å². The van der Waals surface area contributed by atoms with Crippen molar-refractivity contribution in [2.45, 2.75) is 31.3 Å². The Kier molecular flexibility index (Phi) is 6.60. The first-order chi connectivity index (χ1) is 10.7. The van der Waals surface area contributed by atoms with Crippen LogP contribution in [0.25, 0.3) is 11.4 Å². The van der Waals surface area contributed by atoms with Gasteiger partial charge in [0.15, 0.2) is 5.82 Å². The fourth-order valence-electron chi connectivity index (χ4n) is 1.70. The number of rotatable bonds is 8. The lowest BCUT2D eigenvalue weighted by Gasteiger charge is -2.07. The molecule has 7 nitrogen and oxygen atoms in total. The lowest BCUT2D eigenvalue weighted by Crippen LogP contribution is -2.15. The van der Waals surface area contributed by atoms with Gasteiger partial charge in [-0.3, -0.25) is 0 Å². The van der Waals surface area contributed by atoms with Crippen LogP contribution in [0.4, 0.5) is 0 Å². The van der Waals surface area contributed by atoms with Gasteiger partial charge in [0.1, 0.15) is 11.4 Å². The Hall–Kier alpha value is -1.67. The second kappa shape index (κ2) is 8.70. The average molecular weight is 319 g/mol. The first-order valence-electron chi connectivity index (χ1n) is 7.35. The molecule has 0 fully saturated rings. The van der Waals surface area contributed by atoms with E-state index in [1.807, 2.05) is 14.1 Å². The van der Waals surface area contributed by atoms with Gasteiger partial charge in [0.05, 0.1) is 12.4 Å². The van der Waals surface area contributed by atoms with Crippen LogP contribution in [0, 0.1) is 0 Å². The molecule has 2 aromatic rings. The molecule has 0 unspecified atom stereocenters. The number of hydrogen-bond acceptors (Lipinski definition) is 8. The van der Waals surface area contributed by atoms with E-state index in [-0.39, 0.29) is 0 Å². The van der Waals surface area contributed by atoms with Crippen molar-refractivity contribution in [1.82, 2.24) is 35.3 Å². The van der Waals surface area contributed by atoms with E-state index in [2.05, 4.69) is 42.2 Å². The fourth-order valence-corrected chi connectivity index (χ4v) is 2.60. The molecular weight excluding hydrogens is 298 g/mol. The fraction of sp³-hybridized carbons (Fsp3) is 0.571. The molecule has 2 aromatic heterocycles. The minimum atomic E-state index is 0.660. The Bertz CT molecular complexity index is 591. The summed E-state index contributed by atoms with van der Waals surface area (Å²) in [6, 6.07) is 0. The molecule has 0 amide bonds. The normalized spacial score (nSPS) is 11.1. The largest absolute Gasteiger partial charge is 0.309 e. The number of unbranched alkanes of at least 4 members (excludes halogenated alkanes) is 1. The highest BCUT2D eigenvalue weighted by Crippen LogP contribution is 2.17. The molecular formula is C14H21N7S. The summed E-state index contributed by atoms with van der Waals surface area (Å²) in [6.45, 7) is 3.11. The lowest BCUT2D eigenvalue weighted by molar-refractivity contribution is 0.437. The maximum atomic E-state index is 4.51. The van der Waals surface area contributed by atoms with Crippen molar-refractivity contribution in [3.63, 3.8) is 0 Å². The van der Waals surface area contributed by atoms with Crippen LogP contribution in [0.3, 0.4) is 0 Å². The molecule has 2 heterocycles. The molecule has 0 saturated carbocycles. The van der Waals surface area contributed by atoms with Gasteiger partial charge in [-0.25, -0.2) is 9.97 Å². The van der Waals surface area contributed by atoms with Gasteiger partial charge in [0.25, 0.3) is 0 Å². The van der Waals surface area contributed by atoms with Crippen molar-refractivity contribution in [2.24, 2.45) is 0 Å². The van der Waals surface area contributed by atoms with E-state index in [9.17, 15) is 0 Å². The quantitative estimate of drug-likeness (QED) is 0.680. The number of hydrogen-bond donors (Lipinski definition) is 0. The Labute approximate surface area is 135 Å².